The highest BCUT2D eigenvalue weighted by atomic mass is 35.5. The van der Waals surface area contributed by atoms with Gasteiger partial charge >= 0.3 is 6.03 Å². The normalized spacial score (nSPS) is 14.4. The smallest absolute Gasteiger partial charge is 0.329 e. The summed E-state index contributed by atoms with van der Waals surface area (Å²) < 4.78 is 7.45. The number of urea groups is 1. The fourth-order valence-corrected chi connectivity index (χ4v) is 4.25. The first-order chi connectivity index (χ1) is 16.7. The molecule has 2 aromatic carbocycles. The molecule has 35 heavy (non-hydrogen) atoms. The fourth-order valence-electron chi connectivity index (χ4n) is 4.08. The van der Waals surface area contributed by atoms with Gasteiger partial charge in [0.1, 0.15) is 18.0 Å². The number of nitrogens with zero attached hydrogens (tertiary/aromatic N) is 2. The fraction of sp³-hybridized carbons (Fsp3) is 0.192. The van der Waals surface area contributed by atoms with E-state index in [1.165, 1.54) is 0 Å². The van der Waals surface area contributed by atoms with Crippen LogP contribution in [-0.4, -0.2) is 41.0 Å². The van der Waals surface area contributed by atoms with Crippen LogP contribution in [0.4, 0.5) is 10.5 Å². The Morgan fingerprint density at radius 2 is 1.89 bits per heavy atom. The van der Waals surface area contributed by atoms with Crippen LogP contribution in [-0.2, 0) is 9.59 Å². The largest absolute Gasteiger partial charge is 0.495 e. The molecule has 0 spiro atoms. The maximum absolute atomic E-state index is 12.9. The Kier molecular flexibility index (Phi) is 6.66. The summed E-state index contributed by atoms with van der Waals surface area (Å²) in [5.41, 5.74) is 4.89. The predicted molar refractivity (Wildman–Crippen MR) is 135 cm³/mol. The number of hydrogen-bond acceptors (Lipinski definition) is 4. The Morgan fingerprint density at radius 1 is 1.11 bits per heavy atom. The molecule has 1 saturated heterocycles. The minimum atomic E-state index is -0.647. The number of carbonyl (C=O) groups is 3. The summed E-state index contributed by atoms with van der Waals surface area (Å²) in [6.07, 6.45) is 1.61. The molecule has 4 rings (SSSR count). The van der Waals surface area contributed by atoms with E-state index in [1.807, 2.05) is 43.5 Å². The molecule has 1 aliphatic rings. The summed E-state index contributed by atoms with van der Waals surface area (Å²) in [6.45, 7) is 5.33. The minimum Gasteiger partial charge on any atom is -0.495 e. The van der Waals surface area contributed by atoms with Crippen LogP contribution < -0.4 is 15.4 Å². The van der Waals surface area contributed by atoms with Crippen molar-refractivity contribution in [3.05, 3.63) is 81.8 Å². The van der Waals surface area contributed by atoms with E-state index in [-0.39, 0.29) is 5.70 Å². The van der Waals surface area contributed by atoms with Gasteiger partial charge in [-0.2, -0.15) is 0 Å². The number of carbonyl (C=O) groups excluding carboxylic acids is 3. The van der Waals surface area contributed by atoms with Gasteiger partial charge in [0.15, 0.2) is 0 Å². The summed E-state index contributed by atoms with van der Waals surface area (Å²) in [5.74, 6) is -0.391. The number of anilines is 1. The van der Waals surface area contributed by atoms with Crippen LogP contribution in [0.25, 0.3) is 11.8 Å². The molecule has 1 fully saturated rings. The second kappa shape index (κ2) is 9.68. The first kappa shape index (κ1) is 24.1. The van der Waals surface area contributed by atoms with Crippen molar-refractivity contribution < 1.29 is 19.1 Å². The molecule has 0 bridgehead atoms. The Balaban J connectivity index is 1.57. The van der Waals surface area contributed by atoms with Gasteiger partial charge in [0.2, 0.25) is 5.91 Å². The van der Waals surface area contributed by atoms with Crippen molar-refractivity contribution in [1.29, 1.82) is 0 Å². The Labute approximate surface area is 208 Å². The number of nitrogens with one attached hydrogen (secondary N) is 2. The number of amides is 4. The average Bonchev–Trinajstić information content (AvgIpc) is 3.22. The standard InChI is InChI=1S/C26H25ClN4O4/c1-15-6-5-7-20(10-15)28-24(32)14-30-25(33)21(29-26(30)34)12-18-11-16(2)31(17(18)3)22-13-19(27)8-9-23(22)35-4/h5-13H,14H2,1-4H3,(H,28,32)(H,29,34)/b21-12+. The van der Waals surface area contributed by atoms with Crippen LogP contribution in [0.2, 0.25) is 5.02 Å². The van der Waals surface area contributed by atoms with Crippen LogP contribution in [0.5, 0.6) is 5.75 Å². The highest BCUT2D eigenvalue weighted by Crippen LogP contribution is 2.31. The van der Waals surface area contributed by atoms with Gasteiger partial charge in [-0.15, -0.1) is 0 Å². The van der Waals surface area contributed by atoms with Gasteiger partial charge in [0.05, 0.1) is 12.8 Å². The van der Waals surface area contributed by atoms with Crippen LogP contribution in [0.15, 0.2) is 54.2 Å². The molecule has 2 heterocycles. The SMILES string of the molecule is COc1ccc(Cl)cc1-n1c(C)cc(/C=C2/NC(=O)N(CC(=O)Nc3cccc(C)c3)C2=O)c1C. The number of methoxy groups -OCH3 is 1. The summed E-state index contributed by atoms with van der Waals surface area (Å²) in [6, 6.07) is 13.9. The Hall–Kier alpha value is -4.04. The second-order valence-corrected chi connectivity index (χ2v) is 8.71. The molecule has 8 nitrogen and oxygen atoms in total. The highest BCUT2D eigenvalue weighted by molar-refractivity contribution is 6.30. The molecule has 0 unspecified atom stereocenters. The number of imide groups is 1. The van der Waals surface area contributed by atoms with Crippen molar-refractivity contribution in [2.45, 2.75) is 20.8 Å². The lowest BCUT2D eigenvalue weighted by molar-refractivity contribution is -0.127. The van der Waals surface area contributed by atoms with Gasteiger partial charge in [-0.3, -0.25) is 9.59 Å². The number of ether oxygens (including phenoxy) is 1. The van der Waals surface area contributed by atoms with E-state index < -0.39 is 24.4 Å². The van der Waals surface area contributed by atoms with E-state index in [4.69, 9.17) is 16.3 Å². The highest BCUT2D eigenvalue weighted by Gasteiger charge is 2.35. The molecule has 180 valence electrons. The van der Waals surface area contributed by atoms with E-state index in [0.717, 1.165) is 33.1 Å². The number of hydrogen-bond donors (Lipinski definition) is 2. The molecular weight excluding hydrogens is 468 g/mol. The molecule has 0 radical (unpaired) electrons. The summed E-state index contributed by atoms with van der Waals surface area (Å²) in [7, 11) is 1.58. The maximum Gasteiger partial charge on any atom is 0.329 e. The molecule has 0 aliphatic carbocycles. The van der Waals surface area contributed by atoms with Crippen molar-refractivity contribution in [3.8, 4) is 11.4 Å². The van der Waals surface area contributed by atoms with Gasteiger partial charge in [-0.05, 0) is 74.4 Å². The van der Waals surface area contributed by atoms with Crippen molar-refractivity contribution >= 4 is 41.2 Å². The molecule has 1 aromatic heterocycles. The minimum absolute atomic E-state index is 0.0941. The Morgan fingerprint density at radius 3 is 2.60 bits per heavy atom. The number of rotatable bonds is 6. The molecule has 0 atom stereocenters. The topological polar surface area (TPSA) is 92.7 Å². The molecule has 9 heteroatoms. The molecular formula is C26H25ClN4O4. The van der Waals surface area contributed by atoms with Crippen molar-refractivity contribution in [2.75, 3.05) is 19.0 Å². The third-order valence-corrected chi connectivity index (χ3v) is 5.95. The predicted octanol–water partition coefficient (Wildman–Crippen LogP) is 4.60. The number of aryl methyl sites for hydroxylation is 2. The van der Waals surface area contributed by atoms with Gasteiger partial charge in [0, 0.05) is 22.1 Å². The Bertz CT molecular complexity index is 1380. The van der Waals surface area contributed by atoms with Gasteiger partial charge in [-0.25, -0.2) is 9.69 Å². The van der Waals surface area contributed by atoms with Gasteiger partial charge in [-0.1, -0.05) is 23.7 Å². The third-order valence-electron chi connectivity index (χ3n) is 5.72. The van der Waals surface area contributed by atoms with E-state index in [2.05, 4.69) is 10.6 Å². The van der Waals surface area contributed by atoms with E-state index in [1.54, 1.807) is 43.5 Å². The van der Waals surface area contributed by atoms with Gasteiger partial charge < -0.3 is 19.9 Å². The van der Waals surface area contributed by atoms with Crippen molar-refractivity contribution in [3.63, 3.8) is 0 Å². The van der Waals surface area contributed by atoms with E-state index >= 15 is 0 Å². The number of halogens is 1. The summed E-state index contributed by atoms with van der Waals surface area (Å²) in [4.78, 5) is 38.7. The second-order valence-electron chi connectivity index (χ2n) is 8.28. The lowest BCUT2D eigenvalue weighted by Crippen LogP contribution is -2.38. The zero-order chi connectivity index (χ0) is 25.3. The van der Waals surface area contributed by atoms with Gasteiger partial charge in [0.25, 0.3) is 5.91 Å². The third kappa shape index (κ3) is 4.93. The molecule has 3 aromatic rings. The molecule has 4 amide bonds. The maximum atomic E-state index is 12.9. The lowest BCUT2D eigenvalue weighted by atomic mass is 10.2. The molecule has 0 saturated carbocycles. The monoisotopic (exact) mass is 492 g/mol. The zero-order valence-electron chi connectivity index (χ0n) is 19.8. The molecule has 2 N–H and O–H groups in total. The number of benzene rings is 2. The van der Waals surface area contributed by atoms with E-state index in [0.29, 0.717) is 16.5 Å². The number of aromatic nitrogens is 1. The summed E-state index contributed by atoms with van der Waals surface area (Å²) in [5, 5.41) is 5.84. The average molecular weight is 493 g/mol. The first-order valence-corrected chi connectivity index (χ1v) is 11.3. The van der Waals surface area contributed by atoms with Crippen LogP contribution in [0.3, 0.4) is 0 Å². The van der Waals surface area contributed by atoms with E-state index in [9.17, 15) is 14.4 Å². The zero-order valence-corrected chi connectivity index (χ0v) is 20.6. The van der Waals surface area contributed by atoms with Crippen molar-refractivity contribution in [1.82, 2.24) is 14.8 Å². The lowest BCUT2D eigenvalue weighted by Gasteiger charge is -2.14. The summed E-state index contributed by atoms with van der Waals surface area (Å²) >= 11 is 6.21. The van der Waals surface area contributed by atoms with Crippen LogP contribution in [0.1, 0.15) is 22.5 Å². The van der Waals surface area contributed by atoms with Crippen LogP contribution >= 0.6 is 11.6 Å². The van der Waals surface area contributed by atoms with Crippen molar-refractivity contribution in [2.24, 2.45) is 0 Å². The van der Waals surface area contributed by atoms with Crippen LogP contribution in [0, 0.1) is 20.8 Å². The quantitative estimate of drug-likeness (QED) is 0.388. The first-order valence-electron chi connectivity index (χ1n) is 10.9. The molecule has 1 aliphatic heterocycles.